The number of hydrogen-bond acceptors (Lipinski definition) is 3. The Bertz CT molecular complexity index is 677. The Labute approximate surface area is 134 Å². The van der Waals surface area contributed by atoms with E-state index in [1.54, 1.807) is 5.32 Å². The number of halogens is 5. The molecule has 1 heterocycles. The summed E-state index contributed by atoms with van der Waals surface area (Å²) >= 11 is 0. The third-order valence-corrected chi connectivity index (χ3v) is 3.80. The van der Waals surface area contributed by atoms with Crippen LogP contribution in [-0.2, 0) is 0 Å². The number of nitriles is 1. The van der Waals surface area contributed by atoms with Gasteiger partial charge in [0.1, 0.15) is 17.7 Å². The van der Waals surface area contributed by atoms with Gasteiger partial charge in [0.2, 0.25) is 0 Å². The van der Waals surface area contributed by atoms with Crippen molar-refractivity contribution in [2.45, 2.75) is 25.6 Å². The molecule has 1 atom stereocenters. The summed E-state index contributed by atoms with van der Waals surface area (Å²) in [6.45, 7) is 1.46. The van der Waals surface area contributed by atoms with Crippen LogP contribution >= 0.6 is 0 Å². The summed E-state index contributed by atoms with van der Waals surface area (Å²) in [5, 5.41) is 10.1. The van der Waals surface area contributed by atoms with Crippen molar-refractivity contribution < 1.29 is 26.7 Å². The van der Waals surface area contributed by atoms with E-state index in [1.165, 1.54) is 4.90 Å². The second kappa shape index (κ2) is 6.63. The van der Waals surface area contributed by atoms with Crippen molar-refractivity contribution in [2.75, 3.05) is 18.0 Å². The standard InChI is InChI=1S/C15H14F5N3O/c1-8(15(18,19)20)22-14(24)10-4-12(17)13(5-11(10)16)23-6-9(7-23)2-3-21/h4-5,8-9H,2,6-7H2,1H3,(H,22,24)/t8-/m0/s1. The first-order valence-electron chi connectivity index (χ1n) is 7.12. The molecule has 1 aromatic rings. The number of alkyl halides is 3. The van der Waals surface area contributed by atoms with Crippen LogP contribution in [0.15, 0.2) is 12.1 Å². The van der Waals surface area contributed by atoms with E-state index in [1.807, 2.05) is 6.07 Å². The van der Waals surface area contributed by atoms with Gasteiger partial charge in [-0.15, -0.1) is 0 Å². The van der Waals surface area contributed by atoms with E-state index in [-0.39, 0.29) is 11.6 Å². The number of carbonyl (C=O) groups excluding carboxylic acids is 1. The van der Waals surface area contributed by atoms with Crippen LogP contribution in [0.3, 0.4) is 0 Å². The molecule has 1 aromatic carbocycles. The summed E-state index contributed by atoms with van der Waals surface area (Å²) in [4.78, 5) is 13.2. The second-order valence-corrected chi connectivity index (χ2v) is 5.65. The molecule has 0 spiro atoms. The molecular formula is C15H14F5N3O. The lowest BCUT2D eigenvalue weighted by molar-refractivity contribution is -0.149. The van der Waals surface area contributed by atoms with Gasteiger partial charge in [0.25, 0.3) is 5.91 Å². The predicted octanol–water partition coefficient (Wildman–Crippen LogP) is 3.00. The summed E-state index contributed by atoms with van der Waals surface area (Å²) in [5.41, 5.74) is -0.872. The maximum atomic E-state index is 14.1. The first-order chi connectivity index (χ1) is 11.1. The van der Waals surface area contributed by atoms with Crippen molar-refractivity contribution >= 4 is 11.6 Å². The third kappa shape index (κ3) is 3.75. The van der Waals surface area contributed by atoms with Crippen molar-refractivity contribution in [1.29, 1.82) is 5.26 Å². The van der Waals surface area contributed by atoms with Gasteiger partial charge in [-0.3, -0.25) is 4.79 Å². The molecule has 0 saturated carbocycles. The number of hydrogen-bond donors (Lipinski definition) is 1. The smallest absolute Gasteiger partial charge is 0.368 e. The Morgan fingerprint density at radius 1 is 1.38 bits per heavy atom. The number of nitrogens with one attached hydrogen (secondary N) is 1. The maximum absolute atomic E-state index is 14.1. The fraction of sp³-hybridized carbons (Fsp3) is 0.467. The predicted molar refractivity (Wildman–Crippen MR) is 75.3 cm³/mol. The van der Waals surface area contributed by atoms with Crippen LogP contribution in [-0.4, -0.2) is 31.2 Å². The monoisotopic (exact) mass is 347 g/mol. The Hall–Kier alpha value is -2.37. The van der Waals surface area contributed by atoms with Crippen LogP contribution < -0.4 is 10.2 Å². The summed E-state index contributed by atoms with van der Waals surface area (Å²) in [7, 11) is 0. The average molecular weight is 347 g/mol. The van der Waals surface area contributed by atoms with Gasteiger partial charge in [-0.2, -0.15) is 18.4 Å². The van der Waals surface area contributed by atoms with Gasteiger partial charge in [-0.1, -0.05) is 0 Å². The van der Waals surface area contributed by atoms with Gasteiger partial charge < -0.3 is 10.2 Å². The maximum Gasteiger partial charge on any atom is 0.408 e. The number of carbonyl (C=O) groups is 1. The molecule has 0 unspecified atom stereocenters. The normalized spacial score (nSPS) is 16.3. The first-order valence-corrected chi connectivity index (χ1v) is 7.12. The van der Waals surface area contributed by atoms with Crippen molar-refractivity contribution in [3.63, 3.8) is 0 Å². The quantitative estimate of drug-likeness (QED) is 0.852. The highest BCUT2D eigenvalue weighted by Gasteiger charge is 2.37. The molecule has 1 fully saturated rings. The van der Waals surface area contributed by atoms with E-state index in [4.69, 9.17) is 5.26 Å². The highest BCUT2D eigenvalue weighted by atomic mass is 19.4. The molecule has 2 rings (SSSR count). The molecule has 0 bridgehead atoms. The molecule has 1 amide bonds. The highest BCUT2D eigenvalue weighted by Crippen LogP contribution is 2.30. The zero-order valence-electron chi connectivity index (χ0n) is 12.6. The lowest BCUT2D eigenvalue weighted by atomic mass is 9.96. The van der Waals surface area contributed by atoms with Crippen LogP contribution in [0.4, 0.5) is 27.6 Å². The van der Waals surface area contributed by atoms with Crippen LogP contribution in [0, 0.1) is 28.9 Å². The van der Waals surface area contributed by atoms with Crippen LogP contribution in [0.5, 0.6) is 0 Å². The van der Waals surface area contributed by atoms with Gasteiger partial charge >= 0.3 is 6.18 Å². The minimum atomic E-state index is -4.68. The van der Waals surface area contributed by atoms with Crippen LogP contribution in [0.25, 0.3) is 0 Å². The van der Waals surface area contributed by atoms with Gasteiger partial charge in [0, 0.05) is 31.5 Å². The van der Waals surface area contributed by atoms with Gasteiger partial charge in [-0.05, 0) is 13.0 Å². The molecule has 130 valence electrons. The molecule has 1 aliphatic rings. The largest absolute Gasteiger partial charge is 0.408 e. The molecule has 24 heavy (non-hydrogen) atoms. The molecule has 0 radical (unpaired) electrons. The minimum Gasteiger partial charge on any atom is -0.368 e. The van der Waals surface area contributed by atoms with Gasteiger partial charge in [-0.25, -0.2) is 8.78 Å². The molecule has 1 saturated heterocycles. The molecule has 9 heteroatoms. The van der Waals surface area contributed by atoms with E-state index < -0.39 is 35.3 Å². The summed E-state index contributed by atoms with van der Waals surface area (Å²) in [6, 6.07) is 1.16. The minimum absolute atomic E-state index is 0.0630. The SMILES string of the molecule is C[C@H](NC(=O)c1cc(F)c(N2CC(CC#N)C2)cc1F)C(F)(F)F. The zero-order chi connectivity index (χ0) is 18.1. The molecule has 1 N–H and O–H groups in total. The highest BCUT2D eigenvalue weighted by molar-refractivity contribution is 5.95. The summed E-state index contributed by atoms with van der Waals surface area (Å²) < 4.78 is 65.3. The van der Waals surface area contributed by atoms with Crippen molar-refractivity contribution in [3.05, 3.63) is 29.3 Å². The number of amides is 1. The van der Waals surface area contributed by atoms with Crippen molar-refractivity contribution in [1.82, 2.24) is 5.32 Å². The topological polar surface area (TPSA) is 56.1 Å². The molecule has 4 nitrogen and oxygen atoms in total. The number of nitrogens with zero attached hydrogens (tertiary/aromatic N) is 2. The second-order valence-electron chi connectivity index (χ2n) is 5.65. The van der Waals surface area contributed by atoms with E-state index in [9.17, 15) is 26.7 Å². The van der Waals surface area contributed by atoms with E-state index in [0.717, 1.165) is 6.07 Å². The molecule has 0 aromatic heterocycles. The lowest BCUT2D eigenvalue weighted by Gasteiger charge is -2.40. The Morgan fingerprint density at radius 2 is 2.00 bits per heavy atom. The van der Waals surface area contributed by atoms with E-state index >= 15 is 0 Å². The van der Waals surface area contributed by atoms with E-state index in [2.05, 4.69) is 0 Å². The number of anilines is 1. The summed E-state index contributed by atoms with van der Waals surface area (Å²) in [5.74, 6) is -3.29. The molecular weight excluding hydrogens is 333 g/mol. The fourth-order valence-electron chi connectivity index (χ4n) is 2.33. The third-order valence-electron chi connectivity index (χ3n) is 3.80. The molecule has 1 aliphatic heterocycles. The van der Waals surface area contributed by atoms with Crippen LogP contribution in [0.1, 0.15) is 23.7 Å². The van der Waals surface area contributed by atoms with E-state index in [0.29, 0.717) is 32.5 Å². The first kappa shape index (κ1) is 18.0. The summed E-state index contributed by atoms with van der Waals surface area (Å²) in [6.07, 6.45) is -4.38. The van der Waals surface area contributed by atoms with Crippen molar-refractivity contribution in [2.24, 2.45) is 5.92 Å². The van der Waals surface area contributed by atoms with Gasteiger partial charge in [0.15, 0.2) is 0 Å². The number of benzene rings is 1. The van der Waals surface area contributed by atoms with Crippen LogP contribution in [0.2, 0.25) is 0 Å². The Balaban J connectivity index is 2.13. The number of rotatable bonds is 4. The Morgan fingerprint density at radius 3 is 2.54 bits per heavy atom. The Kier molecular flexibility index (Phi) is 4.96. The lowest BCUT2D eigenvalue weighted by Crippen LogP contribution is -2.47. The zero-order valence-corrected chi connectivity index (χ0v) is 12.6. The van der Waals surface area contributed by atoms with Gasteiger partial charge in [0.05, 0.1) is 17.3 Å². The fourth-order valence-corrected chi connectivity index (χ4v) is 2.33. The average Bonchev–Trinajstić information content (AvgIpc) is 2.43. The molecule has 0 aliphatic carbocycles. The van der Waals surface area contributed by atoms with Crippen molar-refractivity contribution in [3.8, 4) is 6.07 Å².